The molecule has 186 valence electrons. The Morgan fingerprint density at radius 3 is 2.80 bits per heavy atom. The second-order valence-electron chi connectivity index (χ2n) is 9.23. The van der Waals surface area contributed by atoms with Crippen molar-refractivity contribution in [3.8, 4) is 11.4 Å². The molecule has 3 atom stereocenters. The van der Waals surface area contributed by atoms with Gasteiger partial charge in [-0.15, -0.1) is 11.3 Å². The number of carbonyl (C=O) groups is 2. The minimum atomic E-state index is -0.568. The molecule has 1 unspecified atom stereocenters. The zero-order valence-electron chi connectivity index (χ0n) is 20.0. The van der Waals surface area contributed by atoms with E-state index in [9.17, 15) is 9.59 Å². The number of rotatable bonds is 7. The monoisotopic (exact) mass is 497 g/mol. The van der Waals surface area contributed by atoms with E-state index in [-0.39, 0.29) is 29.8 Å². The van der Waals surface area contributed by atoms with E-state index in [1.54, 1.807) is 25.3 Å². The van der Waals surface area contributed by atoms with E-state index in [1.165, 1.54) is 0 Å². The van der Waals surface area contributed by atoms with E-state index in [1.807, 2.05) is 34.5 Å². The highest BCUT2D eigenvalue weighted by atomic mass is 32.1. The summed E-state index contributed by atoms with van der Waals surface area (Å²) in [6.07, 6.45) is 3.26. The smallest absolute Gasteiger partial charge is 0.246 e. The second-order valence-corrected chi connectivity index (χ2v) is 10.1. The van der Waals surface area contributed by atoms with E-state index in [4.69, 9.17) is 14.2 Å². The number of thiazole rings is 1. The minimum Gasteiger partial charge on any atom is -0.381 e. The van der Waals surface area contributed by atoms with Crippen molar-refractivity contribution >= 4 is 34.1 Å². The van der Waals surface area contributed by atoms with Gasteiger partial charge in [0.25, 0.3) is 0 Å². The van der Waals surface area contributed by atoms with Crippen LogP contribution in [-0.2, 0) is 14.3 Å². The fourth-order valence-corrected chi connectivity index (χ4v) is 5.88. The summed E-state index contributed by atoms with van der Waals surface area (Å²) in [5.74, 6) is -0.138. The molecule has 2 saturated heterocycles. The highest BCUT2D eigenvalue weighted by Crippen LogP contribution is 2.38. The predicted molar refractivity (Wildman–Crippen MR) is 133 cm³/mol. The quantitative estimate of drug-likeness (QED) is 0.516. The molecule has 0 radical (unpaired) electrons. The lowest BCUT2D eigenvalue weighted by atomic mass is 9.90. The molecule has 2 fully saturated rings. The number of likely N-dealkylation sites (N-methyl/N-ethyl adjacent to an activating group) is 1. The van der Waals surface area contributed by atoms with Crippen molar-refractivity contribution in [2.75, 3.05) is 26.8 Å². The summed E-state index contributed by atoms with van der Waals surface area (Å²) in [6, 6.07) is 6.67. The first-order valence-corrected chi connectivity index (χ1v) is 13.1. The summed E-state index contributed by atoms with van der Waals surface area (Å²) >= 11 is 1.54. The normalized spacial score (nSPS) is 20.7. The lowest BCUT2D eigenvalue weighted by Gasteiger charge is -2.35. The third-order valence-corrected chi connectivity index (χ3v) is 8.04. The van der Waals surface area contributed by atoms with Crippen LogP contribution in [0.15, 0.2) is 34.2 Å². The molecule has 1 aromatic carbocycles. The molecule has 5 rings (SSSR count). The Hall–Kier alpha value is -2.82. The van der Waals surface area contributed by atoms with Crippen molar-refractivity contribution in [1.82, 2.24) is 25.7 Å². The van der Waals surface area contributed by atoms with Gasteiger partial charge in [0, 0.05) is 25.1 Å². The van der Waals surface area contributed by atoms with Gasteiger partial charge in [-0.3, -0.25) is 9.59 Å². The van der Waals surface area contributed by atoms with E-state index >= 15 is 0 Å². The maximum Gasteiger partial charge on any atom is 0.246 e. The van der Waals surface area contributed by atoms with E-state index in [2.05, 4.69) is 15.8 Å². The third kappa shape index (κ3) is 4.82. The summed E-state index contributed by atoms with van der Waals surface area (Å²) in [7, 11) is 1.74. The maximum absolute atomic E-state index is 13.9. The van der Waals surface area contributed by atoms with Crippen molar-refractivity contribution in [1.29, 1.82) is 0 Å². The summed E-state index contributed by atoms with van der Waals surface area (Å²) in [6.45, 7) is 3.67. The molecule has 0 saturated carbocycles. The van der Waals surface area contributed by atoms with Gasteiger partial charge in [0.15, 0.2) is 5.58 Å². The molecule has 2 amide bonds. The SMILES string of the molecule is CN[C@@H](C)C(=O)N[C@H](C(=O)N1CCCC1c1nc(-c2noc3ccccc23)cs1)C1CCOCC1. The van der Waals surface area contributed by atoms with Crippen molar-refractivity contribution in [3.05, 3.63) is 34.7 Å². The van der Waals surface area contributed by atoms with Gasteiger partial charge in [0.05, 0.1) is 17.5 Å². The Labute approximate surface area is 208 Å². The zero-order valence-corrected chi connectivity index (χ0v) is 20.8. The molecule has 3 aromatic rings. The van der Waals surface area contributed by atoms with Crippen LogP contribution in [0.3, 0.4) is 0 Å². The van der Waals surface area contributed by atoms with Crippen LogP contribution >= 0.6 is 11.3 Å². The van der Waals surface area contributed by atoms with E-state index in [0.29, 0.717) is 25.5 Å². The molecule has 2 aliphatic rings. The standard InChI is InChI=1S/C25H31N5O4S/c1-15(26-2)23(31)28-21(16-9-12-33-13-10-16)25(32)30-11-5-7-19(30)24-27-18(14-35-24)22-17-6-3-4-8-20(17)34-29-22/h3-4,6,8,14-16,19,21,26H,5,7,9-13H2,1-2H3,(H,28,31)/t15-,19?,21-/m0/s1. The molecule has 2 aromatic heterocycles. The van der Waals surface area contributed by atoms with Gasteiger partial charge in [-0.2, -0.15) is 0 Å². The van der Waals surface area contributed by atoms with Crippen LogP contribution in [0.5, 0.6) is 0 Å². The number of likely N-dealkylation sites (tertiary alicyclic amines) is 1. The molecule has 0 aliphatic carbocycles. The lowest BCUT2D eigenvalue weighted by Crippen LogP contribution is -2.56. The number of amides is 2. The van der Waals surface area contributed by atoms with Crippen molar-refractivity contribution < 1.29 is 18.8 Å². The highest BCUT2D eigenvalue weighted by molar-refractivity contribution is 7.10. The van der Waals surface area contributed by atoms with Crippen LogP contribution in [0.25, 0.3) is 22.4 Å². The molecule has 2 aliphatic heterocycles. The number of hydrogen-bond acceptors (Lipinski definition) is 8. The Kier molecular flexibility index (Phi) is 7.12. The fourth-order valence-electron chi connectivity index (χ4n) is 4.93. The summed E-state index contributed by atoms with van der Waals surface area (Å²) in [5.41, 5.74) is 2.19. The molecule has 0 bridgehead atoms. The number of nitrogens with one attached hydrogen (secondary N) is 2. The zero-order chi connectivity index (χ0) is 24.4. The molecule has 9 nitrogen and oxygen atoms in total. The van der Waals surface area contributed by atoms with Gasteiger partial charge in [-0.05, 0) is 57.7 Å². The molecule has 35 heavy (non-hydrogen) atoms. The number of carbonyl (C=O) groups excluding carboxylic acids is 2. The minimum absolute atomic E-state index is 0.0281. The molecular weight excluding hydrogens is 466 g/mol. The average molecular weight is 498 g/mol. The number of ether oxygens (including phenoxy) is 1. The molecule has 2 N–H and O–H groups in total. The summed E-state index contributed by atoms with van der Waals surface area (Å²) in [4.78, 5) is 33.4. The van der Waals surface area contributed by atoms with Crippen molar-refractivity contribution in [2.24, 2.45) is 5.92 Å². The summed E-state index contributed by atoms with van der Waals surface area (Å²) < 4.78 is 11.0. The van der Waals surface area contributed by atoms with Crippen LogP contribution < -0.4 is 10.6 Å². The Bertz CT molecular complexity index is 1190. The topological polar surface area (TPSA) is 110 Å². The molecule has 0 spiro atoms. The van der Waals surface area contributed by atoms with Gasteiger partial charge in [-0.1, -0.05) is 17.3 Å². The van der Waals surface area contributed by atoms with E-state index < -0.39 is 6.04 Å². The highest BCUT2D eigenvalue weighted by Gasteiger charge is 2.40. The Morgan fingerprint density at radius 2 is 2.00 bits per heavy atom. The molecule has 4 heterocycles. The van der Waals surface area contributed by atoms with Crippen LogP contribution in [0.4, 0.5) is 0 Å². The van der Waals surface area contributed by atoms with Crippen molar-refractivity contribution in [2.45, 2.75) is 50.7 Å². The van der Waals surface area contributed by atoms with Crippen LogP contribution in [0, 0.1) is 5.92 Å². The number of fused-ring (bicyclic) bond motifs is 1. The van der Waals surface area contributed by atoms with Gasteiger partial charge >= 0.3 is 0 Å². The largest absolute Gasteiger partial charge is 0.381 e. The van der Waals surface area contributed by atoms with Gasteiger partial charge in [0.1, 0.15) is 22.4 Å². The second kappa shape index (κ2) is 10.4. The predicted octanol–water partition coefficient (Wildman–Crippen LogP) is 3.13. The number of aromatic nitrogens is 2. The fraction of sp³-hybridized carbons (Fsp3) is 0.520. The van der Waals surface area contributed by atoms with Crippen LogP contribution in [0.1, 0.15) is 43.7 Å². The van der Waals surface area contributed by atoms with Crippen LogP contribution in [-0.4, -0.2) is 65.7 Å². The van der Waals surface area contributed by atoms with Crippen LogP contribution in [0.2, 0.25) is 0 Å². The Morgan fingerprint density at radius 1 is 1.20 bits per heavy atom. The number of hydrogen-bond donors (Lipinski definition) is 2. The summed E-state index contributed by atoms with van der Waals surface area (Å²) in [5, 5.41) is 14.0. The first-order valence-electron chi connectivity index (χ1n) is 12.2. The van der Waals surface area contributed by atoms with Crippen molar-refractivity contribution in [3.63, 3.8) is 0 Å². The van der Waals surface area contributed by atoms with Gasteiger partial charge in [0.2, 0.25) is 11.8 Å². The number of benzene rings is 1. The Balaban J connectivity index is 1.38. The lowest BCUT2D eigenvalue weighted by molar-refractivity contribution is -0.140. The van der Waals surface area contributed by atoms with E-state index in [0.717, 1.165) is 47.4 Å². The number of nitrogens with zero attached hydrogens (tertiary/aromatic N) is 3. The first-order chi connectivity index (χ1) is 17.1. The third-order valence-electron chi connectivity index (χ3n) is 7.09. The first kappa shape index (κ1) is 23.9. The average Bonchev–Trinajstić information content (AvgIpc) is 3.65. The number of para-hydroxylation sites is 1. The van der Waals surface area contributed by atoms with Gasteiger partial charge < -0.3 is 24.8 Å². The van der Waals surface area contributed by atoms with Gasteiger partial charge in [-0.25, -0.2) is 4.98 Å². The maximum atomic E-state index is 13.9. The molecule has 10 heteroatoms. The molecular formula is C25H31N5O4S.